The maximum Gasteiger partial charge on any atom is 0.252 e. The molecule has 1 aromatic rings. The fourth-order valence-electron chi connectivity index (χ4n) is 1.98. The van der Waals surface area contributed by atoms with E-state index >= 15 is 0 Å². The molecule has 0 aliphatic carbocycles. The molecule has 1 aliphatic heterocycles. The second-order valence-corrected chi connectivity index (χ2v) is 4.25. The number of amides is 1. The number of carbonyl (C=O) groups excluding carboxylic acids is 1. The zero-order valence-electron chi connectivity index (χ0n) is 9.70. The third-order valence-corrected chi connectivity index (χ3v) is 2.94. The number of primary amides is 1. The summed E-state index contributed by atoms with van der Waals surface area (Å²) in [6, 6.07) is 0.792. The van der Waals surface area contributed by atoms with Gasteiger partial charge in [-0.15, -0.1) is 0 Å². The SMILES string of the molecule is NC(=O)c1c[nH]c(=O)cc1N[C@@H]1CCNC[C@@H]1F. The predicted octanol–water partition coefficient (Wildman–Crippen LogP) is -0.414. The maximum atomic E-state index is 13.6. The fourth-order valence-corrected chi connectivity index (χ4v) is 1.98. The number of aromatic nitrogens is 1. The second kappa shape index (κ2) is 5.18. The van der Waals surface area contributed by atoms with Gasteiger partial charge in [-0.2, -0.15) is 0 Å². The van der Waals surface area contributed by atoms with E-state index in [1.54, 1.807) is 0 Å². The molecule has 1 amide bonds. The number of pyridine rings is 1. The van der Waals surface area contributed by atoms with Gasteiger partial charge in [0.15, 0.2) is 0 Å². The first kappa shape index (κ1) is 12.6. The summed E-state index contributed by atoms with van der Waals surface area (Å²) >= 11 is 0. The van der Waals surface area contributed by atoms with Crippen molar-refractivity contribution in [2.24, 2.45) is 5.73 Å². The number of piperidine rings is 1. The number of nitrogens with one attached hydrogen (secondary N) is 3. The fraction of sp³-hybridized carbons (Fsp3) is 0.455. The lowest BCUT2D eigenvalue weighted by Crippen LogP contribution is -2.45. The lowest BCUT2D eigenvalue weighted by molar-refractivity contribution is 0.100. The number of carbonyl (C=O) groups is 1. The first-order valence-electron chi connectivity index (χ1n) is 5.72. The molecule has 6 nitrogen and oxygen atoms in total. The van der Waals surface area contributed by atoms with Crippen LogP contribution < -0.4 is 21.9 Å². The minimum Gasteiger partial charge on any atom is -0.378 e. The van der Waals surface area contributed by atoms with Crippen molar-refractivity contribution in [3.8, 4) is 0 Å². The highest BCUT2D eigenvalue weighted by Crippen LogP contribution is 2.17. The molecule has 1 aromatic heterocycles. The smallest absolute Gasteiger partial charge is 0.252 e. The van der Waals surface area contributed by atoms with Gasteiger partial charge < -0.3 is 21.4 Å². The molecule has 0 radical (unpaired) electrons. The molecule has 0 aromatic carbocycles. The van der Waals surface area contributed by atoms with Crippen LogP contribution in [0.15, 0.2) is 17.1 Å². The monoisotopic (exact) mass is 254 g/mol. The zero-order valence-corrected chi connectivity index (χ0v) is 9.70. The van der Waals surface area contributed by atoms with E-state index in [1.807, 2.05) is 0 Å². The summed E-state index contributed by atoms with van der Waals surface area (Å²) in [6.07, 6.45) is 0.742. The molecule has 0 bridgehead atoms. The quantitative estimate of drug-likeness (QED) is 0.589. The van der Waals surface area contributed by atoms with Gasteiger partial charge in [0.05, 0.1) is 17.3 Å². The van der Waals surface area contributed by atoms with Crippen LogP contribution in [0.4, 0.5) is 10.1 Å². The molecule has 5 N–H and O–H groups in total. The standard InChI is InChI=1S/C11H15FN4O2/c12-7-5-14-2-1-8(7)16-9-3-10(17)15-4-6(9)11(13)18/h3-4,7-8,14H,1-2,5H2,(H2,13,18)(H2,15,16,17)/t7-,8+/m0/s1. The lowest BCUT2D eigenvalue weighted by atomic mass is 10.0. The third kappa shape index (κ3) is 2.67. The molecule has 18 heavy (non-hydrogen) atoms. The number of nitrogens with two attached hydrogens (primary N) is 1. The molecule has 0 unspecified atom stereocenters. The number of halogens is 1. The molecule has 0 saturated carbocycles. The maximum absolute atomic E-state index is 13.6. The van der Waals surface area contributed by atoms with Gasteiger partial charge in [0.1, 0.15) is 6.17 Å². The van der Waals surface area contributed by atoms with Gasteiger partial charge in [-0.1, -0.05) is 0 Å². The van der Waals surface area contributed by atoms with Crippen molar-refractivity contribution in [2.45, 2.75) is 18.6 Å². The summed E-state index contributed by atoms with van der Waals surface area (Å²) in [5, 5.41) is 5.81. The van der Waals surface area contributed by atoms with Gasteiger partial charge in [-0.3, -0.25) is 9.59 Å². The molecule has 7 heteroatoms. The van der Waals surface area contributed by atoms with E-state index in [4.69, 9.17) is 5.73 Å². The van der Waals surface area contributed by atoms with E-state index in [0.29, 0.717) is 13.0 Å². The summed E-state index contributed by atoms with van der Waals surface area (Å²) in [5.74, 6) is -0.668. The molecular formula is C11H15FN4O2. The first-order valence-corrected chi connectivity index (χ1v) is 5.72. The Morgan fingerprint density at radius 1 is 1.56 bits per heavy atom. The van der Waals surface area contributed by atoms with Crippen molar-refractivity contribution in [1.29, 1.82) is 0 Å². The van der Waals surface area contributed by atoms with Crippen LogP contribution in [0.2, 0.25) is 0 Å². The predicted molar refractivity (Wildman–Crippen MR) is 65.4 cm³/mol. The molecule has 2 rings (SSSR count). The molecular weight excluding hydrogens is 239 g/mol. The van der Waals surface area contributed by atoms with E-state index in [0.717, 1.165) is 0 Å². The highest BCUT2D eigenvalue weighted by Gasteiger charge is 2.25. The molecule has 2 atom stereocenters. The number of H-pyrrole nitrogens is 1. The zero-order chi connectivity index (χ0) is 13.1. The van der Waals surface area contributed by atoms with E-state index in [-0.39, 0.29) is 23.4 Å². The highest BCUT2D eigenvalue weighted by molar-refractivity contribution is 5.98. The van der Waals surface area contributed by atoms with Crippen molar-refractivity contribution in [3.63, 3.8) is 0 Å². The van der Waals surface area contributed by atoms with Crippen LogP contribution in [0.25, 0.3) is 0 Å². The summed E-state index contributed by atoms with van der Waals surface area (Å²) in [5.41, 5.74) is 5.26. The number of anilines is 1. The van der Waals surface area contributed by atoms with E-state index in [2.05, 4.69) is 15.6 Å². The largest absolute Gasteiger partial charge is 0.378 e. The Morgan fingerprint density at radius 3 is 3.00 bits per heavy atom. The van der Waals surface area contributed by atoms with Gasteiger partial charge in [0, 0.05) is 18.8 Å². The summed E-state index contributed by atoms with van der Waals surface area (Å²) < 4.78 is 13.6. The molecule has 0 spiro atoms. The Hall–Kier alpha value is -1.89. The Labute approximate surface area is 103 Å². The van der Waals surface area contributed by atoms with Gasteiger partial charge in [-0.25, -0.2) is 4.39 Å². The molecule has 1 fully saturated rings. The van der Waals surface area contributed by atoms with Crippen molar-refractivity contribution >= 4 is 11.6 Å². The van der Waals surface area contributed by atoms with Gasteiger partial charge in [-0.05, 0) is 13.0 Å². The van der Waals surface area contributed by atoms with Crippen LogP contribution in [-0.4, -0.2) is 36.2 Å². The topological polar surface area (TPSA) is 100 Å². The van der Waals surface area contributed by atoms with Crippen molar-refractivity contribution in [3.05, 3.63) is 28.2 Å². The molecule has 2 heterocycles. The van der Waals surface area contributed by atoms with Crippen LogP contribution in [0, 0.1) is 0 Å². The average molecular weight is 254 g/mol. The van der Waals surface area contributed by atoms with E-state index in [9.17, 15) is 14.0 Å². The molecule has 1 aliphatic rings. The summed E-state index contributed by atoms with van der Waals surface area (Å²) in [7, 11) is 0. The number of hydrogen-bond acceptors (Lipinski definition) is 4. The van der Waals surface area contributed by atoms with Gasteiger partial charge in [0.25, 0.3) is 5.91 Å². The van der Waals surface area contributed by atoms with Crippen LogP contribution in [0.3, 0.4) is 0 Å². The van der Waals surface area contributed by atoms with Gasteiger partial charge >= 0.3 is 0 Å². The van der Waals surface area contributed by atoms with Crippen LogP contribution in [0.1, 0.15) is 16.8 Å². The molecule has 98 valence electrons. The van der Waals surface area contributed by atoms with Gasteiger partial charge in [0.2, 0.25) is 5.56 Å². The normalized spacial score (nSPS) is 23.6. The Balaban J connectivity index is 2.24. The number of hydrogen-bond donors (Lipinski definition) is 4. The van der Waals surface area contributed by atoms with Crippen molar-refractivity contribution < 1.29 is 9.18 Å². The molecule has 1 saturated heterocycles. The average Bonchev–Trinajstić information content (AvgIpc) is 2.32. The van der Waals surface area contributed by atoms with Crippen molar-refractivity contribution in [1.82, 2.24) is 10.3 Å². The van der Waals surface area contributed by atoms with Crippen LogP contribution in [-0.2, 0) is 0 Å². The Morgan fingerprint density at radius 2 is 2.33 bits per heavy atom. The third-order valence-electron chi connectivity index (χ3n) is 2.94. The number of aromatic amines is 1. The van der Waals surface area contributed by atoms with Crippen LogP contribution in [0.5, 0.6) is 0 Å². The van der Waals surface area contributed by atoms with E-state index in [1.165, 1.54) is 12.3 Å². The highest BCUT2D eigenvalue weighted by atomic mass is 19.1. The number of rotatable bonds is 3. The van der Waals surface area contributed by atoms with Crippen molar-refractivity contribution in [2.75, 3.05) is 18.4 Å². The Bertz CT molecular complexity index is 502. The lowest BCUT2D eigenvalue weighted by Gasteiger charge is -2.28. The second-order valence-electron chi connectivity index (χ2n) is 4.25. The summed E-state index contributed by atoms with van der Waals surface area (Å²) in [6.45, 7) is 0.944. The minimum absolute atomic E-state index is 0.153. The summed E-state index contributed by atoms with van der Waals surface area (Å²) in [4.78, 5) is 24.8. The van der Waals surface area contributed by atoms with Crippen LogP contribution >= 0.6 is 0 Å². The van der Waals surface area contributed by atoms with E-state index < -0.39 is 18.1 Å². The first-order chi connectivity index (χ1) is 8.58. The number of alkyl halides is 1. The minimum atomic E-state index is -1.07. The Kier molecular flexibility index (Phi) is 3.61.